The molecule has 1 unspecified atom stereocenters. The van der Waals surface area contributed by atoms with Gasteiger partial charge < -0.3 is 10.4 Å². The van der Waals surface area contributed by atoms with Crippen molar-refractivity contribution in [3.8, 4) is 5.69 Å². The van der Waals surface area contributed by atoms with Crippen molar-refractivity contribution < 1.29 is 24.3 Å². The first kappa shape index (κ1) is 27.6. The number of hydrogen-bond donors (Lipinski definition) is 2. The van der Waals surface area contributed by atoms with Crippen molar-refractivity contribution in [1.82, 2.24) is 14.7 Å². The molecule has 0 bridgehead atoms. The SMILES string of the molecule is Cc1c(N2C(=O)C(=O)/C(=C(/O)c3ccc(Br)cc3)C23C(=O)NC2=C3C(=O)CC(C)(C)C2)c(=O)n(-c2ccccc2)n1C. The second-order valence-electron chi connectivity index (χ2n) is 11.6. The number of fused-ring (bicyclic) bond motifs is 1. The zero-order chi connectivity index (χ0) is 30.3. The summed E-state index contributed by atoms with van der Waals surface area (Å²) in [6.45, 7) is 5.35. The normalized spacial score (nSPS) is 22.7. The Labute approximate surface area is 249 Å². The molecule has 10 nitrogen and oxygen atoms in total. The second-order valence-corrected chi connectivity index (χ2v) is 12.5. The van der Waals surface area contributed by atoms with Crippen LogP contribution in [-0.4, -0.2) is 43.4 Å². The molecule has 42 heavy (non-hydrogen) atoms. The van der Waals surface area contributed by atoms with Crippen LogP contribution in [0.3, 0.4) is 0 Å². The van der Waals surface area contributed by atoms with Gasteiger partial charge in [-0.15, -0.1) is 0 Å². The average Bonchev–Trinajstić information content (AvgIpc) is 3.42. The van der Waals surface area contributed by atoms with Crippen molar-refractivity contribution >= 4 is 50.8 Å². The van der Waals surface area contributed by atoms with Crippen LogP contribution in [0.15, 0.2) is 80.7 Å². The largest absolute Gasteiger partial charge is 0.507 e. The number of Topliss-reactive ketones (excluding diaryl/α,β-unsaturated/α-hetero) is 2. The van der Waals surface area contributed by atoms with Gasteiger partial charge in [0, 0.05) is 29.2 Å². The number of nitrogens with zero attached hydrogens (tertiary/aromatic N) is 3. The zero-order valence-corrected chi connectivity index (χ0v) is 24.9. The summed E-state index contributed by atoms with van der Waals surface area (Å²) in [4.78, 5) is 71.1. The summed E-state index contributed by atoms with van der Waals surface area (Å²) in [5, 5.41) is 14.4. The Balaban J connectivity index is 1.72. The van der Waals surface area contributed by atoms with E-state index in [9.17, 15) is 29.1 Å². The molecule has 2 N–H and O–H groups in total. The molecule has 3 aromatic rings. The van der Waals surface area contributed by atoms with Crippen molar-refractivity contribution in [2.45, 2.75) is 39.2 Å². The van der Waals surface area contributed by atoms with Gasteiger partial charge >= 0.3 is 5.91 Å². The van der Waals surface area contributed by atoms with Crippen LogP contribution in [-0.2, 0) is 26.2 Å². The Morgan fingerprint density at radius 3 is 2.24 bits per heavy atom. The fourth-order valence-corrected chi connectivity index (χ4v) is 6.65. The van der Waals surface area contributed by atoms with Gasteiger partial charge in [0.2, 0.25) is 0 Å². The molecule has 11 heteroatoms. The molecule has 2 amide bonds. The van der Waals surface area contributed by atoms with Crippen LogP contribution in [0.2, 0.25) is 0 Å². The lowest BCUT2D eigenvalue weighted by Crippen LogP contribution is -2.57. The minimum Gasteiger partial charge on any atom is -0.507 e. The highest BCUT2D eigenvalue weighted by atomic mass is 79.9. The molecule has 6 rings (SSSR count). The number of benzene rings is 2. The van der Waals surface area contributed by atoms with E-state index >= 15 is 0 Å². The Kier molecular flexibility index (Phi) is 6.09. The highest BCUT2D eigenvalue weighted by Gasteiger charge is 2.70. The maximum atomic E-state index is 14.3. The fraction of sp³-hybridized carbons (Fsp3) is 0.258. The van der Waals surface area contributed by atoms with E-state index in [0.717, 1.165) is 4.90 Å². The minimum atomic E-state index is -2.38. The molecule has 1 fully saturated rings. The number of anilines is 1. The summed E-state index contributed by atoms with van der Waals surface area (Å²) in [6, 6.07) is 15.0. The summed E-state index contributed by atoms with van der Waals surface area (Å²) in [7, 11) is 1.62. The molecule has 1 atom stereocenters. The second kappa shape index (κ2) is 9.25. The molecule has 3 aliphatic rings. The van der Waals surface area contributed by atoms with E-state index in [1.165, 1.54) is 21.5 Å². The molecule has 2 aliphatic heterocycles. The summed E-state index contributed by atoms with van der Waals surface area (Å²) in [5.41, 5.74) is -3.25. The van der Waals surface area contributed by atoms with E-state index in [-0.39, 0.29) is 41.1 Å². The van der Waals surface area contributed by atoms with E-state index in [1.807, 2.05) is 13.8 Å². The fourth-order valence-electron chi connectivity index (χ4n) is 6.39. The molecule has 1 spiro atoms. The van der Waals surface area contributed by atoms with Gasteiger partial charge in [0.25, 0.3) is 17.2 Å². The lowest BCUT2D eigenvalue weighted by atomic mass is 9.70. The van der Waals surface area contributed by atoms with Gasteiger partial charge in [0.15, 0.2) is 11.3 Å². The van der Waals surface area contributed by atoms with E-state index in [4.69, 9.17) is 0 Å². The molecular weight excluding hydrogens is 604 g/mol. The number of carbonyl (C=O) groups excluding carboxylic acids is 4. The third kappa shape index (κ3) is 3.65. The minimum absolute atomic E-state index is 0.0348. The lowest BCUT2D eigenvalue weighted by molar-refractivity contribution is -0.132. The van der Waals surface area contributed by atoms with Crippen LogP contribution in [0.25, 0.3) is 11.4 Å². The van der Waals surface area contributed by atoms with Crippen molar-refractivity contribution in [3.05, 3.63) is 97.5 Å². The molecule has 214 valence electrons. The van der Waals surface area contributed by atoms with Gasteiger partial charge in [-0.1, -0.05) is 60.1 Å². The number of aliphatic hydroxyl groups is 1. The Morgan fingerprint density at radius 1 is 0.952 bits per heavy atom. The molecular formula is C31H27BrN4O6. The number of aromatic nitrogens is 2. The number of amides is 2. The topological polar surface area (TPSA) is 131 Å². The van der Waals surface area contributed by atoms with Gasteiger partial charge in [-0.3, -0.25) is 33.6 Å². The highest BCUT2D eigenvalue weighted by Crippen LogP contribution is 2.52. The van der Waals surface area contributed by atoms with Crippen LogP contribution in [0.1, 0.15) is 37.9 Å². The molecule has 2 aromatic carbocycles. The predicted molar refractivity (Wildman–Crippen MR) is 158 cm³/mol. The molecule has 1 aliphatic carbocycles. The van der Waals surface area contributed by atoms with Gasteiger partial charge in [-0.05, 0) is 43.0 Å². The zero-order valence-electron chi connectivity index (χ0n) is 23.3. The first-order valence-corrected chi connectivity index (χ1v) is 14.1. The van der Waals surface area contributed by atoms with Gasteiger partial charge in [-0.2, -0.15) is 0 Å². The third-order valence-electron chi connectivity index (χ3n) is 8.25. The first-order chi connectivity index (χ1) is 19.8. The molecule has 0 radical (unpaired) electrons. The number of nitrogens with one attached hydrogen (secondary N) is 1. The summed E-state index contributed by atoms with van der Waals surface area (Å²) < 4.78 is 3.53. The van der Waals surface area contributed by atoms with Crippen LogP contribution in [0.4, 0.5) is 5.69 Å². The number of halogens is 1. The van der Waals surface area contributed by atoms with Crippen molar-refractivity contribution in [1.29, 1.82) is 0 Å². The maximum absolute atomic E-state index is 14.3. The quantitative estimate of drug-likeness (QED) is 0.258. The Bertz CT molecular complexity index is 1860. The van der Waals surface area contributed by atoms with E-state index in [0.29, 0.717) is 10.2 Å². The number of aliphatic hydroxyl groups excluding tert-OH is 1. The number of rotatable bonds is 3. The number of para-hydroxylation sites is 1. The maximum Gasteiger partial charge on any atom is 0.301 e. The monoisotopic (exact) mass is 630 g/mol. The van der Waals surface area contributed by atoms with Gasteiger partial charge in [0.1, 0.15) is 11.4 Å². The van der Waals surface area contributed by atoms with Gasteiger partial charge in [0.05, 0.1) is 22.5 Å². The summed E-state index contributed by atoms with van der Waals surface area (Å²) in [5.74, 6) is -4.30. The number of hydrogen-bond acceptors (Lipinski definition) is 6. The predicted octanol–water partition coefficient (Wildman–Crippen LogP) is 3.64. The van der Waals surface area contributed by atoms with Crippen LogP contribution in [0.5, 0.6) is 0 Å². The Hall–Kier alpha value is -4.51. The number of allylic oxidation sites excluding steroid dienone is 1. The van der Waals surface area contributed by atoms with E-state index < -0.39 is 51.2 Å². The van der Waals surface area contributed by atoms with Crippen molar-refractivity contribution in [3.63, 3.8) is 0 Å². The van der Waals surface area contributed by atoms with Crippen LogP contribution < -0.4 is 15.8 Å². The molecule has 0 saturated carbocycles. The summed E-state index contributed by atoms with van der Waals surface area (Å²) >= 11 is 3.33. The number of ketones is 2. The molecule has 3 heterocycles. The first-order valence-electron chi connectivity index (χ1n) is 13.3. The van der Waals surface area contributed by atoms with Crippen LogP contribution >= 0.6 is 15.9 Å². The standard InChI is InChI=1S/C31H27BrN4O6/c1-16-24(27(40)36(34(16)4)19-8-6-5-7-9-19)35-28(41)26(39)23(25(38)17-10-12-18(32)13-11-17)31(35)22-20(33-29(31)42)14-30(2,3)15-21(22)37/h5-13,38H,14-15H2,1-4H3,(H,33,42)/b25-23-. The smallest absolute Gasteiger partial charge is 0.301 e. The molecule has 1 aromatic heterocycles. The lowest BCUT2D eigenvalue weighted by Gasteiger charge is -2.36. The summed E-state index contributed by atoms with van der Waals surface area (Å²) in [6.07, 6.45) is 0.319. The van der Waals surface area contributed by atoms with Crippen LogP contribution in [0, 0.1) is 12.3 Å². The van der Waals surface area contributed by atoms with E-state index in [2.05, 4.69) is 21.2 Å². The van der Waals surface area contributed by atoms with Crippen molar-refractivity contribution in [2.75, 3.05) is 4.90 Å². The average molecular weight is 631 g/mol. The third-order valence-corrected chi connectivity index (χ3v) is 8.78. The van der Waals surface area contributed by atoms with Crippen molar-refractivity contribution in [2.24, 2.45) is 12.5 Å². The van der Waals surface area contributed by atoms with E-state index in [1.54, 1.807) is 56.4 Å². The molecule has 1 saturated heterocycles. The van der Waals surface area contributed by atoms with Gasteiger partial charge in [-0.25, -0.2) is 4.68 Å². The highest BCUT2D eigenvalue weighted by molar-refractivity contribution is 9.10. The Morgan fingerprint density at radius 2 is 1.60 bits per heavy atom. The number of carbonyl (C=O) groups is 4.